The lowest BCUT2D eigenvalue weighted by atomic mass is 9.94. The lowest BCUT2D eigenvalue weighted by molar-refractivity contribution is 0.202. The van der Waals surface area contributed by atoms with Gasteiger partial charge in [0.25, 0.3) is 0 Å². The Labute approximate surface area is 123 Å². The Kier molecular flexibility index (Phi) is 4.42. The molecule has 1 N–H and O–H groups in total. The molecule has 2 heteroatoms. The summed E-state index contributed by atoms with van der Waals surface area (Å²) in [5.74, 6) is 0.624. The maximum Gasteiger partial charge on any atom is 0.0501 e. The molecule has 2 nitrogen and oxygen atoms in total. The van der Waals surface area contributed by atoms with E-state index in [4.69, 9.17) is 0 Å². The number of hydrogen-bond donors (Lipinski definition) is 1. The van der Waals surface area contributed by atoms with E-state index in [1.54, 1.807) is 0 Å². The highest BCUT2D eigenvalue weighted by atomic mass is 15.2. The van der Waals surface area contributed by atoms with E-state index >= 15 is 0 Å². The Bertz CT molecular complexity index is 396. The molecule has 3 rings (SSSR count). The van der Waals surface area contributed by atoms with Gasteiger partial charge in [0.2, 0.25) is 0 Å². The molecular weight excluding hydrogens is 244 g/mol. The minimum absolute atomic E-state index is 0.584. The highest BCUT2D eigenvalue weighted by Gasteiger charge is 2.32. The van der Waals surface area contributed by atoms with Gasteiger partial charge in [-0.05, 0) is 62.4 Å². The van der Waals surface area contributed by atoms with Gasteiger partial charge in [0.05, 0.1) is 6.04 Å². The first-order valence-electron chi connectivity index (χ1n) is 8.33. The number of likely N-dealkylation sites (tertiary alicyclic amines) is 1. The Morgan fingerprint density at radius 1 is 1.00 bits per heavy atom. The van der Waals surface area contributed by atoms with Crippen LogP contribution < -0.4 is 5.32 Å². The van der Waals surface area contributed by atoms with E-state index in [1.165, 1.54) is 56.4 Å². The van der Waals surface area contributed by atoms with Crippen LogP contribution in [0.4, 0.5) is 0 Å². The zero-order chi connectivity index (χ0) is 13.9. The predicted molar refractivity (Wildman–Crippen MR) is 85.1 cm³/mol. The minimum atomic E-state index is 0.584. The third-order valence-corrected chi connectivity index (χ3v) is 4.96. The molecule has 2 heterocycles. The number of benzene rings is 1. The van der Waals surface area contributed by atoms with Gasteiger partial charge in [0, 0.05) is 6.04 Å². The first-order valence-corrected chi connectivity index (χ1v) is 8.33. The second-order valence-corrected chi connectivity index (χ2v) is 6.71. The Morgan fingerprint density at radius 2 is 1.65 bits per heavy atom. The second kappa shape index (κ2) is 6.28. The molecule has 110 valence electrons. The highest BCUT2D eigenvalue weighted by molar-refractivity contribution is 5.28. The van der Waals surface area contributed by atoms with E-state index in [1.807, 2.05) is 0 Å². The van der Waals surface area contributed by atoms with E-state index in [-0.39, 0.29) is 0 Å². The molecule has 0 aliphatic carbocycles. The zero-order valence-electron chi connectivity index (χ0n) is 12.9. The minimum Gasteiger partial charge on any atom is -0.312 e. The van der Waals surface area contributed by atoms with Crippen molar-refractivity contribution in [3.05, 3.63) is 35.4 Å². The standard InChI is InChI=1S/C18H28N2/c1-14(2)15-7-9-16(10-8-15)18(17-6-5-11-19-17)20-12-3-4-13-20/h7-10,14,17-19H,3-6,11-13H2,1-2H3. The summed E-state index contributed by atoms with van der Waals surface area (Å²) in [4.78, 5) is 2.70. The summed E-state index contributed by atoms with van der Waals surface area (Å²) >= 11 is 0. The van der Waals surface area contributed by atoms with Crippen LogP contribution in [-0.2, 0) is 0 Å². The average Bonchev–Trinajstić information content (AvgIpc) is 3.13. The van der Waals surface area contributed by atoms with Crippen LogP contribution in [0.5, 0.6) is 0 Å². The van der Waals surface area contributed by atoms with Gasteiger partial charge >= 0.3 is 0 Å². The summed E-state index contributed by atoms with van der Waals surface area (Å²) in [5.41, 5.74) is 2.96. The molecule has 1 aromatic rings. The van der Waals surface area contributed by atoms with Crippen molar-refractivity contribution in [2.24, 2.45) is 0 Å². The normalized spacial score (nSPS) is 25.4. The molecule has 2 fully saturated rings. The fraction of sp³-hybridized carbons (Fsp3) is 0.667. The first kappa shape index (κ1) is 14.1. The van der Waals surface area contributed by atoms with Crippen molar-refractivity contribution < 1.29 is 0 Å². The van der Waals surface area contributed by atoms with E-state index in [2.05, 4.69) is 48.3 Å². The van der Waals surface area contributed by atoms with Gasteiger partial charge in [-0.1, -0.05) is 38.1 Å². The van der Waals surface area contributed by atoms with Crippen molar-refractivity contribution in [1.29, 1.82) is 0 Å². The maximum absolute atomic E-state index is 3.73. The molecule has 2 unspecified atom stereocenters. The molecule has 1 aromatic carbocycles. The fourth-order valence-corrected chi connectivity index (χ4v) is 3.78. The average molecular weight is 272 g/mol. The Balaban J connectivity index is 1.83. The van der Waals surface area contributed by atoms with Gasteiger partial charge in [0.15, 0.2) is 0 Å². The molecule has 0 saturated carbocycles. The molecule has 0 amide bonds. The lowest BCUT2D eigenvalue weighted by Gasteiger charge is -2.33. The maximum atomic E-state index is 3.73. The van der Waals surface area contributed by atoms with Crippen molar-refractivity contribution >= 4 is 0 Å². The Hall–Kier alpha value is -0.860. The summed E-state index contributed by atoms with van der Waals surface area (Å²) < 4.78 is 0. The monoisotopic (exact) mass is 272 g/mol. The number of nitrogens with zero attached hydrogens (tertiary/aromatic N) is 1. The van der Waals surface area contributed by atoms with Crippen molar-refractivity contribution in [2.45, 2.75) is 57.5 Å². The van der Waals surface area contributed by atoms with Crippen LogP contribution in [0.1, 0.15) is 62.6 Å². The Morgan fingerprint density at radius 3 is 2.20 bits per heavy atom. The van der Waals surface area contributed by atoms with Crippen LogP contribution in [0.3, 0.4) is 0 Å². The van der Waals surface area contributed by atoms with E-state index in [0.29, 0.717) is 18.0 Å². The predicted octanol–water partition coefficient (Wildman–Crippen LogP) is 3.70. The molecule has 2 atom stereocenters. The molecular formula is C18H28N2. The molecule has 0 aromatic heterocycles. The quantitative estimate of drug-likeness (QED) is 0.899. The van der Waals surface area contributed by atoms with E-state index in [9.17, 15) is 0 Å². The van der Waals surface area contributed by atoms with Crippen molar-refractivity contribution in [3.8, 4) is 0 Å². The topological polar surface area (TPSA) is 15.3 Å². The molecule has 2 aliphatic rings. The summed E-state index contributed by atoms with van der Waals surface area (Å²) in [6.07, 6.45) is 5.40. The summed E-state index contributed by atoms with van der Waals surface area (Å²) in [5, 5.41) is 3.73. The molecule has 0 radical (unpaired) electrons. The molecule has 2 saturated heterocycles. The molecule has 2 aliphatic heterocycles. The van der Waals surface area contributed by atoms with Gasteiger partial charge in [-0.2, -0.15) is 0 Å². The summed E-state index contributed by atoms with van der Waals surface area (Å²) in [6, 6.07) is 10.6. The van der Waals surface area contributed by atoms with Crippen LogP contribution in [0, 0.1) is 0 Å². The van der Waals surface area contributed by atoms with Crippen molar-refractivity contribution in [2.75, 3.05) is 19.6 Å². The van der Waals surface area contributed by atoms with Crippen molar-refractivity contribution in [3.63, 3.8) is 0 Å². The van der Waals surface area contributed by atoms with Gasteiger partial charge in [0.1, 0.15) is 0 Å². The lowest BCUT2D eigenvalue weighted by Crippen LogP contribution is -2.39. The van der Waals surface area contributed by atoms with Crippen LogP contribution >= 0.6 is 0 Å². The number of rotatable bonds is 4. The third kappa shape index (κ3) is 2.91. The van der Waals surface area contributed by atoms with Crippen LogP contribution in [0.25, 0.3) is 0 Å². The van der Waals surface area contributed by atoms with Gasteiger partial charge in [-0.25, -0.2) is 0 Å². The summed E-state index contributed by atoms with van der Waals surface area (Å²) in [6.45, 7) is 8.28. The number of hydrogen-bond acceptors (Lipinski definition) is 2. The smallest absolute Gasteiger partial charge is 0.0501 e. The van der Waals surface area contributed by atoms with Gasteiger partial charge < -0.3 is 5.32 Å². The van der Waals surface area contributed by atoms with Gasteiger partial charge in [-0.3, -0.25) is 4.90 Å². The molecule has 0 spiro atoms. The van der Waals surface area contributed by atoms with Crippen LogP contribution in [0.2, 0.25) is 0 Å². The highest BCUT2D eigenvalue weighted by Crippen LogP contribution is 2.32. The van der Waals surface area contributed by atoms with Crippen LogP contribution in [0.15, 0.2) is 24.3 Å². The largest absolute Gasteiger partial charge is 0.312 e. The molecule has 20 heavy (non-hydrogen) atoms. The van der Waals surface area contributed by atoms with Gasteiger partial charge in [-0.15, -0.1) is 0 Å². The zero-order valence-corrected chi connectivity index (χ0v) is 12.9. The van der Waals surface area contributed by atoms with E-state index in [0.717, 1.165) is 0 Å². The van der Waals surface area contributed by atoms with E-state index < -0.39 is 0 Å². The second-order valence-electron chi connectivity index (χ2n) is 6.71. The third-order valence-electron chi connectivity index (χ3n) is 4.96. The summed E-state index contributed by atoms with van der Waals surface area (Å²) in [7, 11) is 0. The molecule has 0 bridgehead atoms. The fourth-order valence-electron chi connectivity index (χ4n) is 3.78. The van der Waals surface area contributed by atoms with Crippen LogP contribution in [-0.4, -0.2) is 30.6 Å². The number of nitrogens with one attached hydrogen (secondary N) is 1. The first-order chi connectivity index (χ1) is 9.75. The van der Waals surface area contributed by atoms with Crippen molar-refractivity contribution in [1.82, 2.24) is 10.2 Å². The SMILES string of the molecule is CC(C)c1ccc(C(C2CCCN2)N2CCCC2)cc1.